The fourth-order valence-electron chi connectivity index (χ4n) is 5.30. The van der Waals surface area contributed by atoms with Crippen molar-refractivity contribution >= 4 is 0 Å². The van der Waals surface area contributed by atoms with Crippen LogP contribution in [0.2, 0.25) is 0 Å². The average Bonchev–Trinajstić information content (AvgIpc) is 2.71. The summed E-state index contributed by atoms with van der Waals surface area (Å²) in [6.45, 7) is 1.11. The van der Waals surface area contributed by atoms with Gasteiger partial charge >= 0.3 is 6.18 Å². The van der Waals surface area contributed by atoms with Crippen LogP contribution in [0.15, 0.2) is 24.3 Å². The standard InChI is InChI=1S/C24H35F3O/c1-2-18-5-11-21(12-6-18)22-13-7-19(8-14-22)3-4-20-9-15-23(16-10-20)28-17-24(25,26)27/h9-10,15-16,18-19,21-22H,2-8,11-14,17H2,1H3/t18-,19-,21-,22-. The van der Waals surface area contributed by atoms with E-state index < -0.39 is 12.8 Å². The fraction of sp³-hybridized carbons (Fsp3) is 0.750. The van der Waals surface area contributed by atoms with Crippen LogP contribution in [0.5, 0.6) is 5.75 Å². The zero-order valence-corrected chi connectivity index (χ0v) is 17.1. The van der Waals surface area contributed by atoms with E-state index in [9.17, 15) is 13.2 Å². The molecule has 0 radical (unpaired) electrons. The zero-order valence-electron chi connectivity index (χ0n) is 17.1. The Morgan fingerprint density at radius 1 is 0.821 bits per heavy atom. The van der Waals surface area contributed by atoms with Crippen molar-refractivity contribution in [3.63, 3.8) is 0 Å². The van der Waals surface area contributed by atoms with Gasteiger partial charge in [0, 0.05) is 0 Å². The Labute approximate surface area is 168 Å². The van der Waals surface area contributed by atoms with E-state index in [0.717, 1.165) is 30.1 Å². The highest BCUT2D eigenvalue weighted by Crippen LogP contribution is 2.42. The first-order valence-electron chi connectivity index (χ1n) is 11.2. The molecule has 1 aromatic carbocycles. The van der Waals surface area contributed by atoms with Gasteiger partial charge in [0.2, 0.25) is 0 Å². The first-order valence-corrected chi connectivity index (χ1v) is 11.2. The molecule has 0 unspecified atom stereocenters. The van der Waals surface area contributed by atoms with Crippen LogP contribution in [0.3, 0.4) is 0 Å². The highest BCUT2D eigenvalue weighted by atomic mass is 19.4. The summed E-state index contributed by atoms with van der Waals surface area (Å²) < 4.78 is 41.4. The summed E-state index contributed by atoms with van der Waals surface area (Å²) in [5.74, 6) is 4.02. The second-order valence-corrected chi connectivity index (χ2v) is 9.06. The molecule has 0 heterocycles. The van der Waals surface area contributed by atoms with E-state index >= 15 is 0 Å². The zero-order chi connectivity index (χ0) is 20.0. The summed E-state index contributed by atoms with van der Waals surface area (Å²) in [7, 11) is 0. The van der Waals surface area contributed by atoms with Gasteiger partial charge in [0.15, 0.2) is 6.61 Å². The molecule has 1 aromatic rings. The quantitative estimate of drug-likeness (QED) is 0.461. The molecular weight excluding hydrogens is 361 g/mol. The molecule has 1 nitrogen and oxygen atoms in total. The number of benzene rings is 1. The van der Waals surface area contributed by atoms with E-state index in [2.05, 4.69) is 6.92 Å². The van der Waals surface area contributed by atoms with Crippen LogP contribution in [-0.4, -0.2) is 12.8 Å². The largest absolute Gasteiger partial charge is 0.484 e. The van der Waals surface area contributed by atoms with Crippen LogP contribution in [0.25, 0.3) is 0 Å². The smallest absolute Gasteiger partial charge is 0.422 e. The summed E-state index contributed by atoms with van der Waals surface area (Å²) in [6.07, 6.45) is 10.6. The highest BCUT2D eigenvalue weighted by molar-refractivity contribution is 5.27. The van der Waals surface area contributed by atoms with E-state index in [0.29, 0.717) is 5.75 Å². The van der Waals surface area contributed by atoms with E-state index in [1.165, 1.54) is 69.8 Å². The molecule has 0 amide bonds. The Balaban J connectivity index is 1.35. The normalized spacial score (nSPS) is 28.9. The van der Waals surface area contributed by atoms with Gasteiger partial charge in [-0.25, -0.2) is 0 Å². The van der Waals surface area contributed by atoms with Crippen molar-refractivity contribution in [1.29, 1.82) is 0 Å². The molecule has 0 atom stereocenters. The van der Waals surface area contributed by atoms with Crippen LogP contribution >= 0.6 is 0 Å². The Bertz CT molecular complexity index is 565. The second-order valence-electron chi connectivity index (χ2n) is 9.06. The van der Waals surface area contributed by atoms with Gasteiger partial charge in [-0.1, -0.05) is 51.2 Å². The second kappa shape index (κ2) is 10.0. The topological polar surface area (TPSA) is 9.23 Å². The number of ether oxygens (including phenoxy) is 1. The molecule has 2 aliphatic rings. The number of alkyl halides is 3. The van der Waals surface area contributed by atoms with Crippen molar-refractivity contribution < 1.29 is 17.9 Å². The molecule has 2 aliphatic carbocycles. The molecule has 0 bridgehead atoms. The number of hydrogen-bond donors (Lipinski definition) is 0. The van der Waals surface area contributed by atoms with Gasteiger partial charge in [-0.05, 0) is 79.9 Å². The van der Waals surface area contributed by atoms with Crippen LogP contribution in [0.1, 0.15) is 76.7 Å². The van der Waals surface area contributed by atoms with Gasteiger partial charge in [-0.2, -0.15) is 13.2 Å². The minimum Gasteiger partial charge on any atom is -0.484 e. The van der Waals surface area contributed by atoms with Crippen molar-refractivity contribution in [2.75, 3.05) is 6.61 Å². The van der Waals surface area contributed by atoms with Gasteiger partial charge in [-0.3, -0.25) is 0 Å². The number of hydrogen-bond acceptors (Lipinski definition) is 1. The maximum Gasteiger partial charge on any atom is 0.422 e. The van der Waals surface area contributed by atoms with Gasteiger partial charge in [0.05, 0.1) is 0 Å². The minimum atomic E-state index is -4.28. The third kappa shape index (κ3) is 6.70. The minimum absolute atomic E-state index is 0.291. The maximum absolute atomic E-state index is 12.2. The van der Waals surface area contributed by atoms with Crippen LogP contribution in [0.4, 0.5) is 13.2 Å². The SMILES string of the molecule is CC[C@H]1CC[C@H]([C@H]2CC[C@H](CCc3ccc(OCC(F)(F)F)cc3)CC2)CC1. The molecule has 0 saturated heterocycles. The molecule has 3 rings (SSSR count). The number of aryl methyl sites for hydroxylation is 1. The van der Waals surface area contributed by atoms with E-state index in [1.54, 1.807) is 12.1 Å². The summed E-state index contributed by atoms with van der Waals surface area (Å²) >= 11 is 0. The van der Waals surface area contributed by atoms with Crippen molar-refractivity contribution in [3.8, 4) is 5.75 Å². The molecular formula is C24H35F3O. The van der Waals surface area contributed by atoms with Gasteiger partial charge < -0.3 is 4.74 Å². The lowest BCUT2D eigenvalue weighted by molar-refractivity contribution is -0.153. The van der Waals surface area contributed by atoms with Gasteiger partial charge in [0.1, 0.15) is 5.75 Å². The third-order valence-corrected chi connectivity index (χ3v) is 7.19. The lowest BCUT2D eigenvalue weighted by atomic mass is 9.68. The molecule has 0 aliphatic heterocycles. The van der Waals surface area contributed by atoms with Crippen molar-refractivity contribution in [1.82, 2.24) is 0 Å². The summed E-state index contributed by atoms with van der Waals surface area (Å²) in [4.78, 5) is 0. The fourth-order valence-corrected chi connectivity index (χ4v) is 5.30. The van der Waals surface area contributed by atoms with Gasteiger partial charge in [0.25, 0.3) is 0 Å². The molecule has 0 aromatic heterocycles. The first kappa shape index (κ1) is 21.5. The molecule has 28 heavy (non-hydrogen) atoms. The lowest BCUT2D eigenvalue weighted by Gasteiger charge is -2.37. The first-order chi connectivity index (χ1) is 13.4. The number of rotatable bonds is 7. The Morgan fingerprint density at radius 3 is 1.86 bits per heavy atom. The molecule has 4 heteroatoms. The van der Waals surface area contributed by atoms with Crippen molar-refractivity contribution in [3.05, 3.63) is 29.8 Å². The molecule has 0 N–H and O–H groups in total. The van der Waals surface area contributed by atoms with E-state index in [4.69, 9.17) is 4.74 Å². The van der Waals surface area contributed by atoms with Crippen LogP contribution < -0.4 is 4.74 Å². The maximum atomic E-state index is 12.2. The van der Waals surface area contributed by atoms with E-state index in [1.807, 2.05) is 12.1 Å². The molecule has 2 saturated carbocycles. The monoisotopic (exact) mass is 396 g/mol. The third-order valence-electron chi connectivity index (χ3n) is 7.19. The van der Waals surface area contributed by atoms with Crippen LogP contribution in [-0.2, 0) is 6.42 Å². The molecule has 158 valence electrons. The van der Waals surface area contributed by atoms with Crippen LogP contribution in [0, 0.1) is 23.7 Å². The molecule has 0 spiro atoms. The van der Waals surface area contributed by atoms with E-state index in [-0.39, 0.29) is 0 Å². The predicted octanol–water partition coefficient (Wildman–Crippen LogP) is 7.58. The predicted molar refractivity (Wildman–Crippen MR) is 108 cm³/mol. The van der Waals surface area contributed by atoms with Crippen molar-refractivity contribution in [2.45, 2.75) is 83.7 Å². The lowest BCUT2D eigenvalue weighted by Crippen LogP contribution is -2.25. The summed E-state index contributed by atoms with van der Waals surface area (Å²) in [6, 6.07) is 7.13. The molecule has 2 fully saturated rings. The highest BCUT2D eigenvalue weighted by Gasteiger charge is 2.30. The Kier molecular flexibility index (Phi) is 7.70. The summed E-state index contributed by atoms with van der Waals surface area (Å²) in [5, 5.41) is 0. The Hall–Kier alpha value is -1.19. The summed E-state index contributed by atoms with van der Waals surface area (Å²) in [5.41, 5.74) is 1.19. The number of halogens is 3. The Morgan fingerprint density at radius 2 is 1.36 bits per heavy atom. The van der Waals surface area contributed by atoms with Crippen molar-refractivity contribution in [2.24, 2.45) is 23.7 Å². The average molecular weight is 397 g/mol. The van der Waals surface area contributed by atoms with Gasteiger partial charge in [-0.15, -0.1) is 0 Å².